The van der Waals surface area contributed by atoms with Crippen molar-refractivity contribution in [2.24, 2.45) is 0 Å². The molecule has 0 fully saturated rings. The van der Waals surface area contributed by atoms with Gasteiger partial charge in [-0.3, -0.25) is 0 Å². The summed E-state index contributed by atoms with van der Waals surface area (Å²) in [6.07, 6.45) is 2.91. The van der Waals surface area contributed by atoms with E-state index in [4.69, 9.17) is 13.3 Å². The number of hydrogen-bond donors (Lipinski definition) is 0. The van der Waals surface area contributed by atoms with Crippen LogP contribution in [0, 0.1) is 0 Å². The summed E-state index contributed by atoms with van der Waals surface area (Å²) in [5.74, 6) is 0.130. The quantitative estimate of drug-likeness (QED) is 0.433. The van der Waals surface area contributed by atoms with Crippen molar-refractivity contribution in [2.75, 3.05) is 13.2 Å². The molecule has 3 nitrogen and oxygen atoms in total. The van der Waals surface area contributed by atoms with Gasteiger partial charge in [-0.25, -0.2) is 0 Å². The second kappa shape index (κ2) is 9.95. The van der Waals surface area contributed by atoms with Gasteiger partial charge in [-0.2, -0.15) is 0 Å². The smallest absolute Gasteiger partial charge is 0.374 e. The molecular formula is C18H30O3Si. The fourth-order valence-electron chi connectivity index (χ4n) is 2.69. The molecule has 1 aromatic carbocycles. The zero-order valence-electron chi connectivity index (χ0n) is 14.4. The molecule has 2 unspecified atom stereocenters. The highest BCUT2D eigenvalue weighted by molar-refractivity contribution is 6.60. The molecule has 0 radical (unpaired) electrons. The van der Waals surface area contributed by atoms with Crippen molar-refractivity contribution < 1.29 is 13.3 Å². The predicted octanol–water partition coefficient (Wildman–Crippen LogP) is 4.78. The maximum atomic E-state index is 6.39. The summed E-state index contributed by atoms with van der Waals surface area (Å²) >= 11 is 0. The highest BCUT2D eigenvalue weighted by Crippen LogP contribution is 2.28. The minimum atomic E-state index is -2.62. The molecule has 0 spiro atoms. The van der Waals surface area contributed by atoms with E-state index in [1.165, 1.54) is 5.56 Å². The third-order valence-corrected chi connectivity index (χ3v) is 6.89. The Morgan fingerprint density at radius 3 is 2.14 bits per heavy atom. The predicted molar refractivity (Wildman–Crippen MR) is 94.0 cm³/mol. The molecule has 0 bridgehead atoms. The van der Waals surface area contributed by atoms with Crippen LogP contribution >= 0.6 is 0 Å². The van der Waals surface area contributed by atoms with Gasteiger partial charge in [0, 0.05) is 25.2 Å². The van der Waals surface area contributed by atoms with Crippen LogP contribution in [0.2, 0.25) is 6.04 Å². The lowest BCUT2D eigenvalue weighted by Gasteiger charge is -2.34. The van der Waals surface area contributed by atoms with E-state index in [-0.39, 0.29) is 12.0 Å². The largest absolute Gasteiger partial charge is 0.501 e. The molecule has 1 aromatic rings. The summed E-state index contributed by atoms with van der Waals surface area (Å²) in [6, 6.07) is 11.2. The zero-order valence-corrected chi connectivity index (χ0v) is 15.4. The summed E-state index contributed by atoms with van der Waals surface area (Å²) in [4.78, 5) is 0. The minimum Gasteiger partial charge on any atom is -0.374 e. The highest BCUT2D eigenvalue weighted by atomic mass is 28.4. The Balaban J connectivity index is 2.92. The van der Waals surface area contributed by atoms with Crippen molar-refractivity contribution >= 4 is 8.80 Å². The Morgan fingerprint density at radius 2 is 1.68 bits per heavy atom. The van der Waals surface area contributed by atoms with Gasteiger partial charge < -0.3 is 13.3 Å². The second-order valence-corrected chi connectivity index (χ2v) is 7.97. The van der Waals surface area contributed by atoms with Crippen LogP contribution in [0.25, 0.3) is 0 Å². The molecule has 0 N–H and O–H groups in total. The summed E-state index contributed by atoms with van der Waals surface area (Å²) < 4.78 is 18.3. The van der Waals surface area contributed by atoms with Crippen molar-refractivity contribution in [3.8, 4) is 0 Å². The molecule has 0 heterocycles. The van der Waals surface area contributed by atoms with Crippen molar-refractivity contribution in [3.05, 3.63) is 48.6 Å². The molecule has 2 atom stereocenters. The Morgan fingerprint density at radius 1 is 1.09 bits per heavy atom. The minimum absolute atomic E-state index is 0.0313. The molecule has 1 rings (SSSR count). The van der Waals surface area contributed by atoms with E-state index >= 15 is 0 Å². The lowest BCUT2D eigenvalue weighted by atomic mass is 9.95. The van der Waals surface area contributed by atoms with Gasteiger partial charge in [-0.1, -0.05) is 49.8 Å². The van der Waals surface area contributed by atoms with Gasteiger partial charge in [0.1, 0.15) is 0 Å². The third kappa shape index (κ3) is 5.36. The van der Waals surface area contributed by atoms with Crippen molar-refractivity contribution in [2.45, 2.75) is 52.2 Å². The van der Waals surface area contributed by atoms with Gasteiger partial charge in [0.15, 0.2) is 0 Å². The standard InChI is InChI=1S/C18H30O3Si/c1-6-15-22(19-8-3,20-9-4)21-16(5)18(7-2)17-13-11-10-12-14-17/h7,10-14,16,18H,2,6,8-9,15H2,1,3-5H3. The first-order valence-corrected chi connectivity index (χ1v) is 10.2. The fourth-order valence-corrected chi connectivity index (χ4v) is 5.52. The molecule has 0 amide bonds. The second-order valence-electron chi connectivity index (χ2n) is 5.29. The van der Waals surface area contributed by atoms with Gasteiger partial charge >= 0.3 is 8.80 Å². The van der Waals surface area contributed by atoms with Crippen LogP contribution in [0.4, 0.5) is 0 Å². The first kappa shape index (κ1) is 19.1. The topological polar surface area (TPSA) is 27.7 Å². The van der Waals surface area contributed by atoms with Crippen LogP contribution in [-0.2, 0) is 13.3 Å². The van der Waals surface area contributed by atoms with E-state index in [2.05, 4.69) is 32.6 Å². The lowest BCUT2D eigenvalue weighted by molar-refractivity contribution is 0.0336. The van der Waals surface area contributed by atoms with Gasteiger partial charge in [0.2, 0.25) is 0 Å². The van der Waals surface area contributed by atoms with Gasteiger partial charge in [-0.05, 0) is 26.3 Å². The number of benzene rings is 1. The van der Waals surface area contributed by atoms with E-state index in [9.17, 15) is 0 Å². The Labute approximate surface area is 136 Å². The lowest BCUT2D eigenvalue weighted by Crippen LogP contribution is -2.48. The van der Waals surface area contributed by atoms with Crippen LogP contribution < -0.4 is 0 Å². The van der Waals surface area contributed by atoms with E-state index in [1.807, 2.05) is 38.1 Å². The molecule has 124 valence electrons. The van der Waals surface area contributed by atoms with E-state index in [0.717, 1.165) is 12.5 Å². The summed E-state index contributed by atoms with van der Waals surface area (Å²) in [5, 5.41) is 0. The van der Waals surface area contributed by atoms with Crippen LogP contribution in [0.15, 0.2) is 43.0 Å². The molecule has 0 saturated carbocycles. The molecule has 0 aliphatic rings. The van der Waals surface area contributed by atoms with Crippen molar-refractivity contribution in [3.63, 3.8) is 0 Å². The average Bonchev–Trinajstić information content (AvgIpc) is 2.50. The average molecular weight is 323 g/mol. The summed E-state index contributed by atoms with van der Waals surface area (Å²) in [5.41, 5.74) is 1.21. The molecule has 0 aromatic heterocycles. The third-order valence-electron chi connectivity index (χ3n) is 3.59. The van der Waals surface area contributed by atoms with E-state index in [0.29, 0.717) is 13.2 Å². The maximum absolute atomic E-state index is 6.39. The molecule has 0 aliphatic heterocycles. The van der Waals surface area contributed by atoms with Crippen molar-refractivity contribution in [1.82, 2.24) is 0 Å². The Bertz CT molecular complexity index is 405. The number of hydrogen-bond acceptors (Lipinski definition) is 3. The SMILES string of the molecule is C=CC(c1ccccc1)C(C)O[Si](CCC)(OCC)OCC. The summed E-state index contributed by atoms with van der Waals surface area (Å²) in [6.45, 7) is 13.4. The van der Waals surface area contributed by atoms with Crippen molar-refractivity contribution in [1.29, 1.82) is 0 Å². The Hall–Kier alpha value is -0.943. The fraction of sp³-hybridized carbons (Fsp3) is 0.556. The van der Waals surface area contributed by atoms with E-state index in [1.54, 1.807) is 0 Å². The normalized spacial score (nSPS) is 14.5. The summed E-state index contributed by atoms with van der Waals surface area (Å²) in [7, 11) is -2.62. The first-order chi connectivity index (χ1) is 10.6. The highest BCUT2D eigenvalue weighted by Gasteiger charge is 2.42. The van der Waals surface area contributed by atoms with Crippen LogP contribution in [0.5, 0.6) is 0 Å². The molecule has 0 aliphatic carbocycles. The van der Waals surface area contributed by atoms with E-state index < -0.39 is 8.80 Å². The van der Waals surface area contributed by atoms with Gasteiger partial charge in [-0.15, -0.1) is 6.58 Å². The number of rotatable bonds is 11. The Kier molecular flexibility index (Phi) is 8.64. The first-order valence-electron chi connectivity index (χ1n) is 8.25. The van der Waals surface area contributed by atoms with Gasteiger partial charge in [0.05, 0.1) is 6.10 Å². The molecule has 22 heavy (non-hydrogen) atoms. The van der Waals surface area contributed by atoms with Gasteiger partial charge in [0.25, 0.3) is 0 Å². The monoisotopic (exact) mass is 322 g/mol. The van der Waals surface area contributed by atoms with Crippen LogP contribution in [0.1, 0.15) is 45.6 Å². The molecule has 4 heteroatoms. The molecular weight excluding hydrogens is 292 g/mol. The maximum Gasteiger partial charge on any atom is 0.501 e. The zero-order chi connectivity index (χ0) is 16.4. The van der Waals surface area contributed by atoms with Crippen LogP contribution in [0.3, 0.4) is 0 Å². The molecule has 0 saturated heterocycles. The van der Waals surface area contributed by atoms with Crippen LogP contribution in [-0.4, -0.2) is 28.1 Å².